The molecule has 0 bridgehead atoms. The SMILES string of the molecule is Cc1cc(C)c(Oc2nc(-c3cc(F)cc(F)c3)ccc2C(=O)NS(=O)(=O)C2=CC=CCC2=O)c(C)c1. The highest BCUT2D eigenvalue weighted by molar-refractivity contribution is 7.95. The molecule has 0 fully saturated rings. The summed E-state index contributed by atoms with van der Waals surface area (Å²) in [6.07, 6.45) is 3.91. The largest absolute Gasteiger partial charge is 0.438 e. The van der Waals surface area contributed by atoms with Crippen LogP contribution in [0.2, 0.25) is 0 Å². The number of benzene rings is 2. The van der Waals surface area contributed by atoms with Crippen LogP contribution in [0.25, 0.3) is 11.3 Å². The number of aromatic nitrogens is 1. The Balaban J connectivity index is 1.79. The van der Waals surface area contributed by atoms with Gasteiger partial charge in [-0.2, -0.15) is 0 Å². The van der Waals surface area contributed by atoms with Crippen molar-refractivity contribution in [3.63, 3.8) is 0 Å². The molecule has 1 amide bonds. The maximum Gasteiger partial charge on any atom is 0.270 e. The van der Waals surface area contributed by atoms with Gasteiger partial charge in [0.05, 0.1) is 5.69 Å². The first kappa shape index (κ1) is 25.9. The minimum absolute atomic E-state index is 0.0871. The van der Waals surface area contributed by atoms with Crippen molar-refractivity contribution >= 4 is 21.7 Å². The van der Waals surface area contributed by atoms with E-state index in [9.17, 15) is 26.8 Å². The van der Waals surface area contributed by atoms with Gasteiger partial charge in [0, 0.05) is 18.1 Å². The molecule has 1 aromatic heterocycles. The zero-order chi connectivity index (χ0) is 26.9. The molecule has 0 aliphatic heterocycles. The second-order valence-corrected chi connectivity index (χ2v) is 10.2. The van der Waals surface area contributed by atoms with Crippen LogP contribution in [0.1, 0.15) is 33.5 Å². The monoisotopic (exact) mass is 524 g/mol. The zero-order valence-corrected chi connectivity index (χ0v) is 20.9. The molecule has 3 aromatic rings. The van der Waals surface area contributed by atoms with Crippen molar-refractivity contribution in [3.8, 4) is 22.9 Å². The molecule has 0 spiro atoms. The van der Waals surface area contributed by atoms with E-state index >= 15 is 0 Å². The lowest BCUT2D eigenvalue weighted by atomic mass is 10.1. The van der Waals surface area contributed by atoms with Crippen LogP contribution < -0.4 is 9.46 Å². The quantitative estimate of drug-likeness (QED) is 0.475. The molecule has 4 rings (SSSR count). The summed E-state index contributed by atoms with van der Waals surface area (Å²) in [6, 6.07) is 9.10. The smallest absolute Gasteiger partial charge is 0.270 e. The van der Waals surface area contributed by atoms with E-state index in [1.165, 1.54) is 24.3 Å². The number of rotatable bonds is 6. The zero-order valence-electron chi connectivity index (χ0n) is 20.1. The number of pyridine rings is 1. The number of carbonyl (C=O) groups excluding carboxylic acids is 2. The second-order valence-electron chi connectivity index (χ2n) is 8.56. The summed E-state index contributed by atoms with van der Waals surface area (Å²) in [5, 5.41) is 0. The third kappa shape index (κ3) is 5.64. The Morgan fingerprint density at radius 1 is 1.00 bits per heavy atom. The summed E-state index contributed by atoms with van der Waals surface area (Å²) in [5.41, 5.74) is 2.34. The van der Waals surface area contributed by atoms with Crippen LogP contribution >= 0.6 is 0 Å². The second kappa shape index (κ2) is 10.1. The molecule has 0 saturated carbocycles. The summed E-state index contributed by atoms with van der Waals surface area (Å²) >= 11 is 0. The van der Waals surface area contributed by atoms with Crippen molar-refractivity contribution in [2.24, 2.45) is 0 Å². The van der Waals surface area contributed by atoms with Crippen LogP contribution in [0, 0.1) is 32.4 Å². The van der Waals surface area contributed by atoms with Gasteiger partial charge in [0.25, 0.3) is 15.9 Å². The van der Waals surface area contributed by atoms with Crippen LogP contribution in [0.15, 0.2) is 65.6 Å². The third-order valence-corrected chi connectivity index (χ3v) is 6.94. The van der Waals surface area contributed by atoms with Gasteiger partial charge in [-0.3, -0.25) is 9.59 Å². The topological polar surface area (TPSA) is 102 Å². The number of nitrogens with zero attached hydrogens (tertiary/aromatic N) is 1. The van der Waals surface area contributed by atoms with E-state index in [0.717, 1.165) is 34.9 Å². The van der Waals surface area contributed by atoms with Crippen molar-refractivity contribution in [2.75, 3.05) is 0 Å². The first-order chi connectivity index (χ1) is 17.4. The minimum atomic E-state index is -4.49. The predicted octanol–water partition coefficient (Wildman–Crippen LogP) is 5.22. The fraction of sp³-hybridized carbons (Fsp3) is 0.148. The lowest BCUT2D eigenvalue weighted by Crippen LogP contribution is -2.34. The minimum Gasteiger partial charge on any atom is -0.438 e. The number of hydrogen-bond acceptors (Lipinski definition) is 6. The van der Waals surface area contributed by atoms with Gasteiger partial charge < -0.3 is 4.74 Å². The lowest BCUT2D eigenvalue weighted by molar-refractivity contribution is -0.114. The number of ketones is 1. The van der Waals surface area contributed by atoms with Gasteiger partial charge in [-0.15, -0.1) is 0 Å². The highest BCUT2D eigenvalue weighted by Crippen LogP contribution is 2.33. The molecule has 2 aromatic carbocycles. The number of ether oxygens (including phenoxy) is 1. The van der Waals surface area contributed by atoms with Crippen molar-refractivity contribution in [3.05, 3.63) is 99.5 Å². The molecule has 1 aliphatic carbocycles. The molecule has 1 aliphatic rings. The van der Waals surface area contributed by atoms with E-state index < -0.39 is 38.3 Å². The van der Waals surface area contributed by atoms with Crippen LogP contribution in [-0.4, -0.2) is 25.1 Å². The molecule has 10 heteroatoms. The highest BCUT2D eigenvalue weighted by Gasteiger charge is 2.29. The molecule has 1 heterocycles. The number of halogens is 2. The van der Waals surface area contributed by atoms with Crippen molar-refractivity contribution in [2.45, 2.75) is 27.2 Å². The summed E-state index contributed by atoms with van der Waals surface area (Å²) in [7, 11) is -4.49. The molecule has 0 unspecified atom stereocenters. The third-order valence-electron chi connectivity index (χ3n) is 5.54. The average molecular weight is 525 g/mol. The van der Waals surface area contributed by atoms with Gasteiger partial charge in [-0.25, -0.2) is 26.9 Å². The number of hydrogen-bond donors (Lipinski definition) is 1. The molecule has 190 valence electrons. The average Bonchev–Trinajstić information content (AvgIpc) is 2.80. The summed E-state index contributed by atoms with van der Waals surface area (Å²) in [4.78, 5) is 28.9. The van der Waals surface area contributed by atoms with E-state index in [1.807, 2.05) is 23.8 Å². The summed E-state index contributed by atoms with van der Waals surface area (Å²) in [6.45, 7) is 5.49. The number of carbonyl (C=O) groups is 2. The van der Waals surface area contributed by atoms with Crippen molar-refractivity contribution in [1.82, 2.24) is 9.71 Å². The molecular weight excluding hydrogens is 502 g/mol. The van der Waals surface area contributed by atoms with Gasteiger partial charge in [-0.05, 0) is 62.2 Å². The number of aryl methyl sites for hydroxylation is 3. The Morgan fingerprint density at radius 3 is 2.27 bits per heavy atom. The standard InChI is InChI=1S/C27H22F2N2O5S/c1-15-10-16(2)25(17(3)11-15)36-27-21(8-9-22(30-27)18-12-19(28)14-20(29)13-18)26(33)31-37(34,35)24-7-5-4-6-23(24)32/h4-5,7-14H,6H2,1-3H3,(H,31,33). The Labute approximate surface area is 212 Å². The van der Waals surface area contributed by atoms with Gasteiger partial charge in [0.2, 0.25) is 5.88 Å². The Morgan fingerprint density at radius 2 is 1.65 bits per heavy atom. The van der Waals surface area contributed by atoms with E-state index in [4.69, 9.17) is 4.74 Å². The molecule has 0 radical (unpaired) electrons. The normalized spacial score (nSPS) is 13.3. The van der Waals surface area contributed by atoms with E-state index in [1.54, 1.807) is 13.8 Å². The maximum absolute atomic E-state index is 13.8. The molecule has 37 heavy (non-hydrogen) atoms. The number of Topliss-reactive ketones (excluding diaryl/α,β-unsaturated/α-hetero) is 1. The first-order valence-corrected chi connectivity index (χ1v) is 12.6. The van der Waals surface area contributed by atoms with Gasteiger partial charge >= 0.3 is 0 Å². The van der Waals surface area contributed by atoms with Gasteiger partial charge in [0.1, 0.15) is 27.9 Å². The van der Waals surface area contributed by atoms with Crippen molar-refractivity contribution in [1.29, 1.82) is 0 Å². The summed E-state index contributed by atoms with van der Waals surface area (Å²) < 4.78 is 61.1. The lowest BCUT2D eigenvalue weighted by Gasteiger charge is -2.16. The van der Waals surface area contributed by atoms with E-state index in [-0.39, 0.29) is 29.1 Å². The Kier molecular flexibility index (Phi) is 7.04. The summed E-state index contributed by atoms with van der Waals surface area (Å²) in [5.74, 6) is -3.30. The number of allylic oxidation sites excluding steroid dienone is 4. The Bertz CT molecular complexity index is 1570. The van der Waals surface area contributed by atoms with Crippen LogP contribution in [0.3, 0.4) is 0 Å². The van der Waals surface area contributed by atoms with E-state index in [0.29, 0.717) is 11.8 Å². The fourth-order valence-corrected chi connectivity index (χ4v) is 5.08. The fourth-order valence-electron chi connectivity index (χ4n) is 3.97. The number of nitrogens with one attached hydrogen (secondary N) is 1. The molecule has 1 N–H and O–H groups in total. The van der Waals surface area contributed by atoms with Crippen LogP contribution in [0.5, 0.6) is 11.6 Å². The molecule has 7 nitrogen and oxygen atoms in total. The molecular formula is C27H22F2N2O5S. The first-order valence-electron chi connectivity index (χ1n) is 11.1. The number of sulfonamides is 1. The van der Waals surface area contributed by atoms with Gasteiger partial charge in [0.15, 0.2) is 5.78 Å². The van der Waals surface area contributed by atoms with Crippen LogP contribution in [0.4, 0.5) is 8.78 Å². The Hall–Kier alpha value is -4.18. The van der Waals surface area contributed by atoms with E-state index in [2.05, 4.69) is 4.98 Å². The van der Waals surface area contributed by atoms with Crippen LogP contribution in [-0.2, 0) is 14.8 Å². The number of amides is 1. The molecule has 0 atom stereocenters. The van der Waals surface area contributed by atoms with Crippen molar-refractivity contribution < 1.29 is 31.5 Å². The predicted molar refractivity (Wildman–Crippen MR) is 134 cm³/mol. The maximum atomic E-state index is 13.8. The molecule has 0 saturated heterocycles. The van der Waals surface area contributed by atoms with Gasteiger partial charge in [-0.1, -0.05) is 29.8 Å². The highest BCUT2D eigenvalue weighted by atomic mass is 32.2.